The summed E-state index contributed by atoms with van der Waals surface area (Å²) in [5, 5.41) is 2.94. The Morgan fingerprint density at radius 1 is 1.36 bits per heavy atom. The zero-order chi connectivity index (χ0) is 10.1. The SMILES string of the molecule is CNC1CCOc2c(F)ccc(F)c21. The first-order chi connectivity index (χ1) is 6.74. The highest BCUT2D eigenvalue weighted by Crippen LogP contribution is 2.35. The van der Waals surface area contributed by atoms with E-state index in [9.17, 15) is 8.78 Å². The average molecular weight is 199 g/mol. The molecule has 1 aliphatic heterocycles. The summed E-state index contributed by atoms with van der Waals surface area (Å²) in [6, 6.07) is 2.06. The number of hydrogen-bond acceptors (Lipinski definition) is 2. The van der Waals surface area contributed by atoms with Crippen LogP contribution in [-0.4, -0.2) is 13.7 Å². The van der Waals surface area contributed by atoms with Crippen molar-refractivity contribution in [1.82, 2.24) is 5.32 Å². The molecule has 0 saturated heterocycles. The first kappa shape index (κ1) is 9.40. The van der Waals surface area contributed by atoms with Gasteiger partial charge in [-0.2, -0.15) is 0 Å². The summed E-state index contributed by atoms with van der Waals surface area (Å²) in [6.45, 7) is 0.416. The van der Waals surface area contributed by atoms with Gasteiger partial charge in [-0.3, -0.25) is 0 Å². The van der Waals surface area contributed by atoms with Crippen LogP contribution in [0.15, 0.2) is 12.1 Å². The van der Waals surface area contributed by atoms with Gasteiger partial charge in [-0.15, -0.1) is 0 Å². The first-order valence-corrected chi connectivity index (χ1v) is 4.52. The number of benzene rings is 1. The van der Waals surface area contributed by atoms with Crippen LogP contribution in [0.1, 0.15) is 18.0 Å². The molecule has 1 heterocycles. The Kier molecular flexibility index (Phi) is 2.37. The zero-order valence-corrected chi connectivity index (χ0v) is 7.81. The molecule has 0 aromatic heterocycles. The Labute approximate surface area is 80.9 Å². The van der Waals surface area contributed by atoms with Crippen molar-refractivity contribution in [2.45, 2.75) is 12.5 Å². The molecule has 1 N–H and O–H groups in total. The van der Waals surface area contributed by atoms with Crippen molar-refractivity contribution in [2.75, 3.05) is 13.7 Å². The van der Waals surface area contributed by atoms with E-state index in [2.05, 4.69) is 5.32 Å². The molecule has 0 spiro atoms. The topological polar surface area (TPSA) is 21.3 Å². The molecular formula is C10H11F2NO. The Balaban J connectivity index is 2.55. The molecule has 4 heteroatoms. The molecule has 2 rings (SSSR count). The lowest BCUT2D eigenvalue weighted by molar-refractivity contribution is 0.239. The highest BCUT2D eigenvalue weighted by atomic mass is 19.1. The fourth-order valence-corrected chi connectivity index (χ4v) is 1.73. The van der Waals surface area contributed by atoms with Crippen LogP contribution in [0.25, 0.3) is 0 Å². The Morgan fingerprint density at radius 3 is 2.79 bits per heavy atom. The van der Waals surface area contributed by atoms with Gasteiger partial charge in [-0.25, -0.2) is 8.78 Å². The fourth-order valence-electron chi connectivity index (χ4n) is 1.73. The van der Waals surface area contributed by atoms with Crippen molar-refractivity contribution in [1.29, 1.82) is 0 Å². The summed E-state index contributed by atoms with van der Waals surface area (Å²) in [4.78, 5) is 0. The van der Waals surface area contributed by atoms with Crippen LogP contribution in [0.5, 0.6) is 5.75 Å². The van der Waals surface area contributed by atoms with Crippen molar-refractivity contribution < 1.29 is 13.5 Å². The van der Waals surface area contributed by atoms with Crippen LogP contribution in [-0.2, 0) is 0 Å². The van der Waals surface area contributed by atoms with E-state index in [4.69, 9.17) is 4.74 Å². The van der Waals surface area contributed by atoms with E-state index >= 15 is 0 Å². The monoisotopic (exact) mass is 199 g/mol. The van der Waals surface area contributed by atoms with Gasteiger partial charge in [0, 0.05) is 18.0 Å². The van der Waals surface area contributed by atoms with Crippen molar-refractivity contribution in [2.24, 2.45) is 0 Å². The maximum Gasteiger partial charge on any atom is 0.165 e. The highest BCUT2D eigenvalue weighted by molar-refractivity contribution is 5.39. The summed E-state index contributed by atoms with van der Waals surface area (Å²) in [5.74, 6) is -0.864. The van der Waals surface area contributed by atoms with Crippen LogP contribution in [0.2, 0.25) is 0 Å². The number of fused-ring (bicyclic) bond motifs is 1. The van der Waals surface area contributed by atoms with E-state index < -0.39 is 11.6 Å². The third-order valence-electron chi connectivity index (χ3n) is 2.44. The van der Waals surface area contributed by atoms with Crippen molar-refractivity contribution in [3.8, 4) is 5.75 Å². The lowest BCUT2D eigenvalue weighted by Gasteiger charge is -2.26. The van der Waals surface area contributed by atoms with Gasteiger partial charge < -0.3 is 10.1 Å². The lowest BCUT2D eigenvalue weighted by Crippen LogP contribution is -2.25. The molecule has 0 saturated carbocycles. The molecule has 1 aromatic rings. The van der Waals surface area contributed by atoms with Crippen molar-refractivity contribution in [3.63, 3.8) is 0 Å². The smallest absolute Gasteiger partial charge is 0.165 e. The number of halogens is 2. The summed E-state index contributed by atoms with van der Waals surface area (Å²) in [5.41, 5.74) is 0.304. The molecule has 1 unspecified atom stereocenters. The average Bonchev–Trinajstić information content (AvgIpc) is 2.23. The van der Waals surface area contributed by atoms with Crippen LogP contribution >= 0.6 is 0 Å². The van der Waals surface area contributed by atoms with Gasteiger partial charge in [-0.1, -0.05) is 0 Å². The minimum Gasteiger partial charge on any atom is -0.490 e. The van der Waals surface area contributed by atoms with Crippen molar-refractivity contribution >= 4 is 0 Å². The lowest BCUT2D eigenvalue weighted by atomic mass is 10.00. The van der Waals surface area contributed by atoms with E-state index in [0.717, 1.165) is 12.1 Å². The molecule has 0 aliphatic carbocycles. The number of rotatable bonds is 1. The largest absolute Gasteiger partial charge is 0.490 e. The molecule has 0 fully saturated rings. The molecule has 0 amide bonds. The molecule has 1 atom stereocenters. The standard InChI is InChI=1S/C10H11F2NO/c1-13-8-4-5-14-10-7(12)3-2-6(11)9(8)10/h2-3,8,13H,4-5H2,1H3. The minimum atomic E-state index is -0.499. The maximum absolute atomic E-state index is 13.4. The van der Waals surface area contributed by atoms with Gasteiger partial charge in [-0.05, 0) is 19.2 Å². The second-order valence-electron chi connectivity index (χ2n) is 3.25. The molecular weight excluding hydrogens is 188 g/mol. The molecule has 0 bridgehead atoms. The normalized spacial score (nSPS) is 20.1. The molecule has 76 valence electrons. The van der Waals surface area contributed by atoms with Gasteiger partial charge >= 0.3 is 0 Å². The highest BCUT2D eigenvalue weighted by Gasteiger charge is 2.26. The van der Waals surface area contributed by atoms with E-state index in [1.807, 2.05) is 0 Å². The van der Waals surface area contributed by atoms with Gasteiger partial charge in [0.1, 0.15) is 5.82 Å². The third kappa shape index (κ3) is 1.35. The zero-order valence-electron chi connectivity index (χ0n) is 7.81. The summed E-state index contributed by atoms with van der Waals surface area (Å²) in [6.07, 6.45) is 0.657. The van der Waals surface area contributed by atoms with Crippen LogP contribution in [0, 0.1) is 11.6 Å². The quantitative estimate of drug-likeness (QED) is 0.747. The van der Waals surface area contributed by atoms with E-state index in [1.54, 1.807) is 7.05 Å². The van der Waals surface area contributed by atoms with Crippen LogP contribution < -0.4 is 10.1 Å². The van der Waals surface area contributed by atoms with E-state index in [0.29, 0.717) is 18.6 Å². The Morgan fingerprint density at radius 2 is 2.07 bits per heavy atom. The predicted molar refractivity (Wildman–Crippen MR) is 48.3 cm³/mol. The van der Waals surface area contributed by atoms with E-state index in [1.165, 1.54) is 0 Å². The molecule has 14 heavy (non-hydrogen) atoms. The Hall–Kier alpha value is -1.16. The van der Waals surface area contributed by atoms with Gasteiger partial charge in [0.2, 0.25) is 0 Å². The second-order valence-corrected chi connectivity index (χ2v) is 3.25. The minimum absolute atomic E-state index is 0.0515. The molecule has 1 aromatic carbocycles. The first-order valence-electron chi connectivity index (χ1n) is 4.52. The molecule has 0 radical (unpaired) electrons. The Bertz CT molecular complexity index is 354. The van der Waals surface area contributed by atoms with Crippen LogP contribution in [0.4, 0.5) is 8.78 Å². The van der Waals surface area contributed by atoms with E-state index in [-0.39, 0.29) is 11.8 Å². The predicted octanol–water partition coefficient (Wildman–Crippen LogP) is 2.01. The number of ether oxygens (including phenoxy) is 1. The molecule has 1 aliphatic rings. The second kappa shape index (κ2) is 3.53. The fraction of sp³-hybridized carbons (Fsp3) is 0.400. The van der Waals surface area contributed by atoms with Gasteiger partial charge in [0.25, 0.3) is 0 Å². The van der Waals surface area contributed by atoms with Gasteiger partial charge in [0.05, 0.1) is 6.61 Å². The summed E-state index contributed by atoms with van der Waals surface area (Å²) in [7, 11) is 1.73. The number of nitrogens with one attached hydrogen (secondary N) is 1. The summed E-state index contributed by atoms with van der Waals surface area (Å²) >= 11 is 0. The van der Waals surface area contributed by atoms with Crippen molar-refractivity contribution in [3.05, 3.63) is 29.3 Å². The van der Waals surface area contributed by atoms with Crippen LogP contribution in [0.3, 0.4) is 0 Å². The third-order valence-corrected chi connectivity index (χ3v) is 2.44. The summed E-state index contributed by atoms with van der Waals surface area (Å²) < 4.78 is 31.8. The molecule has 2 nitrogen and oxygen atoms in total. The van der Waals surface area contributed by atoms with Gasteiger partial charge in [0.15, 0.2) is 11.6 Å². The number of hydrogen-bond donors (Lipinski definition) is 1. The maximum atomic E-state index is 13.4.